The van der Waals surface area contributed by atoms with Crippen molar-refractivity contribution in [2.24, 2.45) is 7.05 Å². The summed E-state index contributed by atoms with van der Waals surface area (Å²) >= 11 is 0. The Morgan fingerprint density at radius 3 is 2.88 bits per heavy atom. The fourth-order valence-electron chi connectivity index (χ4n) is 2.03. The van der Waals surface area contributed by atoms with Crippen LogP contribution in [0.2, 0.25) is 0 Å². The Kier molecular flexibility index (Phi) is 3.17. The maximum atomic E-state index is 8.82. The number of nitrogens with one attached hydrogen (secondary N) is 1. The largest absolute Gasteiger partial charge is 0.381 e. The lowest BCUT2D eigenvalue weighted by atomic mass is 9.84. The highest BCUT2D eigenvalue weighted by atomic mass is 16.3. The van der Waals surface area contributed by atoms with Crippen molar-refractivity contribution in [2.75, 3.05) is 13.3 Å². The molecule has 2 rings (SSSR count). The summed E-state index contributed by atoms with van der Waals surface area (Å²) in [5.41, 5.74) is 3.36. The minimum absolute atomic E-state index is 0.00919. The predicted molar refractivity (Wildman–Crippen MR) is 68.8 cm³/mol. The molecule has 92 valence electrons. The van der Waals surface area contributed by atoms with Gasteiger partial charge in [-0.3, -0.25) is 5.32 Å². The molecule has 0 spiro atoms. The van der Waals surface area contributed by atoms with Crippen molar-refractivity contribution in [3.63, 3.8) is 0 Å². The van der Waals surface area contributed by atoms with E-state index in [9.17, 15) is 0 Å². The van der Waals surface area contributed by atoms with Gasteiger partial charge in [0.2, 0.25) is 0 Å². The van der Waals surface area contributed by atoms with Crippen LogP contribution in [0, 0.1) is 0 Å². The van der Waals surface area contributed by atoms with Gasteiger partial charge in [-0.2, -0.15) is 0 Å². The summed E-state index contributed by atoms with van der Waals surface area (Å²) in [4.78, 5) is 4.37. The molecule has 2 N–H and O–H groups in total. The van der Waals surface area contributed by atoms with Gasteiger partial charge in [0.05, 0.1) is 24.1 Å². The zero-order valence-corrected chi connectivity index (χ0v) is 10.6. The molecule has 0 bridgehead atoms. The highest BCUT2D eigenvalue weighted by Gasteiger charge is 2.20. The maximum Gasteiger partial charge on any atom is 0.0955 e. The van der Waals surface area contributed by atoms with Crippen LogP contribution in [-0.4, -0.2) is 27.9 Å². The van der Waals surface area contributed by atoms with E-state index in [-0.39, 0.29) is 12.1 Å². The SMILES string of the molecule is Cn1cnc2cc(C(C)(C)CNCO)ccc21. The standard InChI is InChI=1S/C13H19N3O/c1-13(2,7-14-9-17)10-4-5-12-11(6-10)15-8-16(12)3/h4-6,8,14,17H,7,9H2,1-3H3. The summed E-state index contributed by atoms with van der Waals surface area (Å²) < 4.78 is 2.01. The summed E-state index contributed by atoms with van der Waals surface area (Å²) in [7, 11) is 1.99. The number of fused-ring (bicyclic) bond motifs is 1. The van der Waals surface area contributed by atoms with Gasteiger partial charge in [0.1, 0.15) is 0 Å². The van der Waals surface area contributed by atoms with Crippen molar-refractivity contribution in [1.82, 2.24) is 14.9 Å². The van der Waals surface area contributed by atoms with Crippen molar-refractivity contribution in [3.05, 3.63) is 30.1 Å². The summed E-state index contributed by atoms with van der Waals surface area (Å²) in [5, 5.41) is 11.8. The Labute approximate surface area is 101 Å². The number of benzene rings is 1. The summed E-state index contributed by atoms with van der Waals surface area (Å²) in [6, 6.07) is 6.34. The van der Waals surface area contributed by atoms with E-state index in [1.165, 1.54) is 5.56 Å². The van der Waals surface area contributed by atoms with Gasteiger partial charge < -0.3 is 9.67 Å². The molecule has 0 atom stereocenters. The van der Waals surface area contributed by atoms with Crippen LogP contribution in [0.1, 0.15) is 19.4 Å². The number of aliphatic hydroxyl groups is 1. The molecule has 0 amide bonds. The molecule has 4 nitrogen and oxygen atoms in total. The minimum Gasteiger partial charge on any atom is -0.381 e. The summed E-state index contributed by atoms with van der Waals surface area (Å²) in [6.07, 6.45) is 1.83. The molecule has 1 heterocycles. The lowest BCUT2D eigenvalue weighted by molar-refractivity contribution is 0.248. The monoisotopic (exact) mass is 233 g/mol. The van der Waals surface area contributed by atoms with Crippen LogP contribution in [0.3, 0.4) is 0 Å². The Balaban J connectivity index is 2.35. The fourth-order valence-corrected chi connectivity index (χ4v) is 2.03. The van der Waals surface area contributed by atoms with Gasteiger partial charge in [0, 0.05) is 19.0 Å². The van der Waals surface area contributed by atoms with E-state index in [0.29, 0.717) is 0 Å². The molecule has 0 aliphatic carbocycles. The summed E-state index contributed by atoms with van der Waals surface area (Å²) in [5.74, 6) is 0. The minimum atomic E-state index is -0.0194. The molecular formula is C13H19N3O. The molecule has 2 aromatic rings. The van der Waals surface area contributed by atoms with E-state index in [1.54, 1.807) is 0 Å². The number of nitrogens with zero attached hydrogens (tertiary/aromatic N) is 2. The average Bonchev–Trinajstić information content (AvgIpc) is 2.68. The first-order valence-corrected chi connectivity index (χ1v) is 5.78. The molecule has 0 unspecified atom stereocenters. The van der Waals surface area contributed by atoms with Gasteiger partial charge in [-0.25, -0.2) is 4.98 Å². The van der Waals surface area contributed by atoms with E-state index in [4.69, 9.17) is 5.11 Å². The zero-order valence-electron chi connectivity index (χ0n) is 10.6. The molecule has 4 heteroatoms. The molecule has 0 saturated heterocycles. The van der Waals surface area contributed by atoms with Gasteiger partial charge in [0.25, 0.3) is 0 Å². The molecule has 0 fully saturated rings. The van der Waals surface area contributed by atoms with Crippen LogP contribution in [0.4, 0.5) is 0 Å². The van der Waals surface area contributed by atoms with E-state index in [0.717, 1.165) is 17.6 Å². The third-order valence-corrected chi connectivity index (χ3v) is 3.19. The van der Waals surface area contributed by atoms with Gasteiger partial charge in [-0.1, -0.05) is 19.9 Å². The molecule has 0 radical (unpaired) electrons. The molecule has 0 aliphatic heterocycles. The number of hydrogen-bond donors (Lipinski definition) is 2. The predicted octanol–water partition coefficient (Wildman–Crippen LogP) is 1.39. The third kappa shape index (κ3) is 2.33. The van der Waals surface area contributed by atoms with Crippen LogP contribution in [0.15, 0.2) is 24.5 Å². The normalized spacial score (nSPS) is 12.2. The topological polar surface area (TPSA) is 50.1 Å². The Morgan fingerprint density at radius 1 is 1.41 bits per heavy atom. The quantitative estimate of drug-likeness (QED) is 0.785. The lowest BCUT2D eigenvalue weighted by Crippen LogP contribution is -2.33. The molecule has 1 aromatic heterocycles. The van der Waals surface area contributed by atoms with Crippen molar-refractivity contribution in [3.8, 4) is 0 Å². The first kappa shape index (κ1) is 12.1. The van der Waals surface area contributed by atoms with E-state index in [1.807, 2.05) is 17.9 Å². The van der Waals surface area contributed by atoms with Crippen LogP contribution in [0.25, 0.3) is 11.0 Å². The number of imidazole rings is 1. The van der Waals surface area contributed by atoms with E-state index < -0.39 is 0 Å². The molecule has 17 heavy (non-hydrogen) atoms. The third-order valence-electron chi connectivity index (χ3n) is 3.19. The fraction of sp³-hybridized carbons (Fsp3) is 0.462. The molecule has 0 saturated carbocycles. The smallest absolute Gasteiger partial charge is 0.0955 e. The maximum absolute atomic E-state index is 8.82. The van der Waals surface area contributed by atoms with E-state index in [2.05, 4.69) is 42.3 Å². The second-order valence-corrected chi connectivity index (χ2v) is 5.03. The lowest BCUT2D eigenvalue weighted by Gasteiger charge is -2.25. The number of rotatable bonds is 4. The second kappa shape index (κ2) is 4.47. The molecule has 0 aliphatic rings. The van der Waals surface area contributed by atoms with Crippen LogP contribution in [0.5, 0.6) is 0 Å². The first-order chi connectivity index (χ1) is 8.04. The number of hydrogen-bond acceptors (Lipinski definition) is 3. The number of aliphatic hydroxyl groups excluding tert-OH is 1. The highest BCUT2D eigenvalue weighted by molar-refractivity contribution is 5.76. The van der Waals surface area contributed by atoms with Crippen molar-refractivity contribution >= 4 is 11.0 Å². The molecular weight excluding hydrogens is 214 g/mol. The average molecular weight is 233 g/mol. The molecule has 1 aromatic carbocycles. The van der Waals surface area contributed by atoms with Crippen molar-refractivity contribution < 1.29 is 5.11 Å². The number of aryl methyl sites for hydroxylation is 1. The zero-order chi connectivity index (χ0) is 12.5. The Bertz CT molecular complexity index is 516. The van der Waals surface area contributed by atoms with Crippen LogP contribution in [-0.2, 0) is 12.5 Å². The van der Waals surface area contributed by atoms with E-state index >= 15 is 0 Å². The first-order valence-electron chi connectivity index (χ1n) is 5.78. The van der Waals surface area contributed by atoms with Crippen molar-refractivity contribution in [2.45, 2.75) is 19.3 Å². The number of aromatic nitrogens is 2. The van der Waals surface area contributed by atoms with Crippen LogP contribution >= 0.6 is 0 Å². The van der Waals surface area contributed by atoms with Gasteiger partial charge in [-0.05, 0) is 17.7 Å². The van der Waals surface area contributed by atoms with Gasteiger partial charge in [0.15, 0.2) is 0 Å². The van der Waals surface area contributed by atoms with Gasteiger partial charge in [-0.15, -0.1) is 0 Å². The Hall–Kier alpha value is -1.39. The highest BCUT2D eigenvalue weighted by Crippen LogP contribution is 2.25. The van der Waals surface area contributed by atoms with Crippen LogP contribution < -0.4 is 5.32 Å². The Morgan fingerprint density at radius 2 is 2.18 bits per heavy atom. The van der Waals surface area contributed by atoms with Crippen molar-refractivity contribution in [1.29, 1.82) is 0 Å². The second-order valence-electron chi connectivity index (χ2n) is 5.03. The van der Waals surface area contributed by atoms with Gasteiger partial charge >= 0.3 is 0 Å². The summed E-state index contributed by atoms with van der Waals surface area (Å²) in [6.45, 7) is 5.05.